The number of nitriles is 1. The summed E-state index contributed by atoms with van der Waals surface area (Å²) in [5.74, 6) is 0.938. The summed E-state index contributed by atoms with van der Waals surface area (Å²) in [5, 5.41) is 9.95. The summed E-state index contributed by atoms with van der Waals surface area (Å²) in [6.07, 6.45) is 1.64. The Morgan fingerprint density at radius 2 is 1.73 bits per heavy atom. The van der Waals surface area contributed by atoms with Crippen molar-refractivity contribution in [1.82, 2.24) is 0 Å². The highest BCUT2D eigenvalue weighted by Crippen LogP contribution is 2.44. The number of nitrogens with two attached hydrogens (primary N) is 1. The zero-order valence-electron chi connectivity index (χ0n) is 22.5. The van der Waals surface area contributed by atoms with Crippen LogP contribution in [0.15, 0.2) is 115 Å². The quantitative estimate of drug-likeness (QED) is 0.144. The van der Waals surface area contributed by atoms with Gasteiger partial charge in [0, 0.05) is 11.6 Å². The van der Waals surface area contributed by atoms with Crippen molar-refractivity contribution in [3.8, 4) is 29.1 Å². The van der Waals surface area contributed by atoms with E-state index in [2.05, 4.69) is 12.6 Å². The van der Waals surface area contributed by atoms with E-state index in [1.54, 1.807) is 48.5 Å². The fourth-order valence-electron chi connectivity index (χ4n) is 4.49. The van der Waals surface area contributed by atoms with E-state index in [0.717, 1.165) is 16.7 Å². The molecule has 0 saturated carbocycles. The van der Waals surface area contributed by atoms with Crippen molar-refractivity contribution in [3.63, 3.8) is 0 Å². The van der Waals surface area contributed by atoms with Gasteiger partial charge in [-0.05, 0) is 60.5 Å². The highest BCUT2D eigenvalue weighted by molar-refractivity contribution is 5.91. The second-order valence-corrected chi connectivity index (χ2v) is 9.48. The molecule has 2 N–H and O–H groups in total. The molecular formula is C34H28N2O5. The van der Waals surface area contributed by atoms with E-state index < -0.39 is 11.9 Å². The van der Waals surface area contributed by atoms with E-state index in [1.807, 2.05) is 55.5 Å². The molecule has 1 aliphatic rings. The topological polar surface area (TPSA) is 104 Å². The van der Waals surface area contributed by atoms with E-state index in [9.17, 15) is 10.1 Å². The largest absolute Gasteiger partial charge is 0.490 e. The average Bonchev–Trinajstić information content (AvgIpc) is 2.99. The van der Waals surface area contributed by atoms with Crippen molar-refractivity contribution < 1.29 is 23.7 Å². The number of hydrogen-bond donors (Lipinski definition) is 1. The number of allylic oxidation sites excluding steroid dienone is 1. The van der Waals surface area contributed by atoms with E-state index in [1.165, 1.54) is 5.56 Å². The van der Waals surface area contributed by atoms with Crippen LogP contribution >= 0.6 is 0 Å². The normalized spacial score (nSPS) is 13.8. The van der Waals surface area contributed by atoms with Crippen molar-refractivity contribution >= 4 is 5.97 Å². The number of nitrogens with zero attached hydrogens (tertiary/aromatic N) is 1. The van der Waals surface area contributed by atoms with Crippen molar-refractivity contribution in [2.45, 2.75) is 19.4 Å². The molecule has 4 aromatic rings. The van der Waals surface area contributed by atoms with Gasteiger partial charge >= 0.3 is 5.97 Å². The summed E-state index contributed by atoms with van der Waals surface area (Å²) >= 11 is 0. The van der Waals surface area contributed by atoms with Gasteiger partial charge in [0.25, 0.3) is 0 Å². The van der Waals surface area contributed by atoms with Crippen LogP contribution in [0, 0.1) is 18.3 Å². The molecule has 0 radical (unpaired) electrons. The van der Waals surface area contributed by atoms with E-state index in [4.69, 9.17) is 24.7 Å². The summed E-state index contributed by atoms with van der Waals surface area (Å²) in [6.45, 7) is 6.44. The number of aryl methyl sites for hydroxylation is 1. The molecule has 0 fully saturated rings. The molecule has 41 heavy (non-hydrogen) atoms. The summed E-state index contributed by atoms with van der Waals surface area (Å²) in [5.41, 5.74) is 10.6. The number of benzene rings is 4. The van der Waals surface area contributed by atoms with Gasteiger partial charge < -0.3 is 24.7 Å². The zero-order valence-corrected chi connectivity index (χ0v) is 22.5. The van der Waals surface area contributed by atoms with Gasteiger partial charge in [0.2, 0.25) is 5.88 Å². The van der Waals surface area contributed by atoms with Crippen molar-refractivity contribution in [1.29, 1.82) is 5.26 Å². The molecule has 1 aliphatic heterocycles. The molecule has 0 amide bonds. The first-order valence-electron chi connectivity index (χ1n) is 13.0. The molecule has 4 aromatic carbocycles. The maximum Gasteiger partial charge on any atom is 0.343 e. The van der Waals surface area contributed by atoms with Crippen molar-refractivity contribution in [2.24, 2.45) is 5.73 Å². The SMILES string of the molecule is C=CCOc1ccc(C(=O)Oc2ccc3c(c2)OC(N)=C(C#N)C3c2cccc(OCc3ccc(C)cc3)c2)cc1. The molecular weight excluding hydrogens is 516 g/mol. The van der Waals surface area contributed by atoms with Crippen LogP contribution in [-0.4, -0.2) is 12.6 Å². The number of carbonyl (C=O) groups is 1. The Bertz CT molecular complexity index is 1650. The summed E-state index contributed by atoms with van der Waals surface area (Å²) in [4.78, 5) is 12.8. The first-order valence-corrected chi connectivity index (χ1v) is 13.0. The lowest BCUT2D eigenvalue weighted by molar-refractivity contribution is 0.0734. The van der Waals surface area contributed by atoms with E-state index in [0.29, 0.717) is 36.0 Å². The average molecular weight is 545 g/mol. The van der Waals surface area contributed by atoms with Crippen LogP contribution in [0.25, 0.3) is 0 Å². The lowest BCUT2D eigenvalue weighted by Gasteiger charge is -2.27. The minimum absolute atomic E-state index is 0.00503. The standard InChI is InChI=1S/C34H28N2O5/c1-3-17-38-26-13-11-24(12-14-26)34(37)40-28-15-16-29-31(19-28)41-33(36)30(20-35)32(29)25-5-4-6-27(18-25)39-21-23-9-7-22(2)8-10-23/h3-16,18-19,32H,1,17,21,36H2,2H3. The van der Waals surface area contributed by atoms with E-state index in [-0.39, 0.29) is 17.2 Å². The lowest BCUT2D eigenvalue weighted by atomic mass is 9.83. The third kappa shape index (κ3) is 6.23. The van der Waals surface area contributed by atoms with Crippen LogP contribution in [0.2, 0.25) is 0 Å². The third-order valence-corrected chi connectivity index (χ3v) is 6.58. The minimum atomic E-state index is -0.535. The maximum absolute atomic E-state index is 12.8. The molecule has 5 rings (SSSR count). The first kappa shape index (κ1) is 27.1. The predicted octanol–water partition coefficient (Wildman–Crippen LogP) is 6.58. The molecule has 1 heterocycles. The van der Waals surface area contributed by atoms with Crippen molar-refractivity contribution in [2.75, 3.05) is 6.61 Å². The molecule has 204 valence electrons. The molecule has 7 heteroatoms. The van der Waals surface area contributed by atoms with Gasteiger partial charge in [-0.25, -0.2) is 4.79 Å². The van der Waals surface area contributed by atoms with E-state index >= 15 is 0 Å². The second-order valence-electron chi connectivity index (χ2n) is 9.48. The Kier molecular flexibility index (Phi) is 8.03. The van der Waals surface area contributed by atoms with Gasteiger partial charge in [-0.1, -0.05) is 60.7 Å². The predicted molar refractivity (Wildman–Crippen MR) is 155 cm³/mol. The Hall–Kier alpha value is -5.48. The molecule has 7 nitrogen and oxygen atoms in total. The fraction of sp³-hybridized carbons (Fsp3) is 0.118. The van der Waals surface area contributed by atoms with Crippen LogP contribution in [0.3, 0.4) is 0 Å². The molecule has 1 unspecified atom stereocenters. The van der Waals surface area contributed by atoms with Gasteiger partial charge in [0.1, 0.15) is 47.9 Å². The molecule has 0 spiro atoms. The number of carbonyl (C=O) groups excluding carboxylic acids is 1. The number of fused-ring (bicyclic) bond motifs is 1. The van der Waals surface area contributed by atoms with Crippen LogP contribution in [0.4, 0.5) is 0 Å². The van der Waals surface area contributed by atoms with Gasteiger partial charge in [-0.15, -0.1) is 0 Å². The van der Waals surface area contributed by atoms with Gasteiger partial charge in [-0.2, -0.15) is 5.26 Å². The zero-order chi connectivity index (χ0) is 28.8. The molecule has 0 aliphatic carbocycles. The monoisotopic (exact) mass is 544 g/mol. The Labute approximate surface area is 238 Å². The Morgan fingerprint density at radius 3 is 2.46 bits per heavy atom. The molecule has 0 saturated heterocycles. The van der Waals surface area contributed by atoms with Crippen LogP contribution in [0.1, 0.15) is 38.5 Å². The lowest BCUT2D eigenvalue weighted by Crippen LogP contribution is -2.21. The summed E-state index contributed by atoms with van der Waals surface area (Å²) in [7, 11) is 0. The van der Waals surface area contributed by atoms with Gasteiger partial charge in [-0.3, -0.25) is 0 Å². The smallest absolute Gasteiger partial charge is 0.343 e. The van der Waals surface area contributed by atoms with Crippen LogP contribution in [-0.2, 0) is 6.61 Å². The number of hydrogen-bond acceptors (Lipinski definition) is 7. The van der Waals surface area contributed by atoms with Gasteiger partial charge in [0.05, 0.1) is 11.5 Å². The molecule has 0 aromatic heterocycles. The molecule has 0 bridgehead atoms. The summed E-state index contributed by atoms with van der Waals surface area (Å²) in [6, 6.07) is 29.6. The number of ether oxygens (including phenoxy) is 4. The third-order valence-electron chi connectivity index (χ3n) is 6.58. The highest BCUT2D eigenvalue weighted by atomic mass is 16.5. The number of esters is 1. The van der Waals surface area contributed by atoms with Gasteiger partial charge in [0.15, 0.2) is 0 Å². The highest BCUT2D eigenvalue weighted by Gasteiger charge is 2.31. The first-order chi connectivity index (χ1) is 19.9. The number of rotatable bonds is 9. The fourth-order valence-corrected chi connectivity index (χ4v) is 4.49. The van der Waals surface area contributed by atoms with Crippen LogP contribution < -0.4 is 24.7 Å². The van der Waals surface area contributed by atoms with Crippen molar-refractivity contribution in [3.05, 3.63) is 143 Å². The Balaban J connectivity index is 1.36. The Morgan fingerprint density at radius 1 is 0.976 bits per heavy atom. The van der Waals surface area contributed by atoms with Crippen LogP contribution in [0.5, 0.6) is 23.0 Å². The molecule has 1 atom stereocenters. The minimum Gasteiger partial charge on any atom is -0.490 e. The maximum atomic E-state index is 12.8. The summed E-state index contributed by atoms with van der Waals surface area (Å²) < 4.78 is 22.9. The second kappa shape index (κ2) is 12.1.